The Morgan fingerprint density at radius 1 is 1.23 bits per heavy atom. The summed E-state index contributed by atoms with van der Waals surface area (Å²) >= 11 is 0. The van der Waals surface area contributed by atoms with Crippen LogP contribution in [0.3, 0.4) is 0 Å². The Hall–Kier alpha value is -1.59. The molecule has 0 saturated carbocycles. The van der Waals surface area contributed by atoms with E-state index in [2.05, 4.69) is 45.5 Å². The maximum Gasteiger partial charge on any atom is 0.110 e. The molecule has 2 aromatic heterocycles. The number of imidazole rings is 1. The monoisotopic (exact) mass is 302 g/mol. The highest BCUT2D eigenvalue weighted by molar-refractivity contribution is 5.09. The summed E-state index contributed by atoms with van der Waals surface area (Å²) in [6.45, 7) is 11.7. The molecule has 3 heterocycles. The first kappa shape index (κ1) is 15.3. The van der Waals surface area contributed by atoms with Crippen LogP contribution in [0.5, 0.6) is 0 Å². The van der Waals surface area contributed by atoms with Gasteiger partial charge in [-0.3, -0.25) is 9.80 Å². The molecule has 0 aliphatic carbocycles. The van der Waals surface area contributed by atoms with Crippen LogP contribution >= 0.6 is 0 Å². The highest BCUT2D eigenvalue weighted by Gasteiger charge is 2.18. The maximum absolute atomic E-state index is 5.17. The standard InChI is InChI=1S/C17H26N4O/c1-3-19(4-2)13-16-11-18-17-5-7-20(8-9-21(16)17)12-15-6-10-22-14-15/h6,10-11,14H,3-5,7-9,12-13H2,1-2H3. The normalized spacial score (nSPS) is 16.0. The first-order valence-corrected chi connectivity index (χ1v) is 8.29. The van der Waals surface area contributed by atoms with E-state index in [1.54, 1.807) is 6.26 Å². The zero-order chi connectivity index (χ0) is 15.4. The second-order valence-electron chi connectivity index (χ2n) is 5.94. The van der Waals surface area contributed by atoms with Crippen LogP contribution in [0.25, 0.3) is 0 Å². The van der Waals surface area contributed by atoms with Crippen molar-refractivity contribution in [3.8, 4) is 0 Å². The number of furan rings is 1. The molecule has 5 heteroatoms. The van der Waals surface area contributed by atoms with Gasteiger partial charge in [0.25, 0.3) is 0 Å². The van der Waals surface area contributed by atoms with Crippen LogP contribution in [0, 0.1) is 0 Å². The Bertz CT molecular complexity index is 572. The SMILES string of the molecule is CCN(CC)Cc1cnc2n1CCN(Cc1ccoc1)CC2. The van der Waals surface area contributed by atoms with Crippen molar-refractivity contribution in [3.05, 3.63) is 41.9 Å². The molecular formula is C17H26N4O. The van der Waals surface area contributed by atoms with E-state index >= 15 is 0 Å². The lowest BCUT2D eigenvalue weighted by atomic mass is 10.3. The lowest BCUT2D eigenvalue weighted by Crippen LogP contribution is -2.27. The van der Waals surface area contributed by atoms with E-state index in [1.807, 2.05) is 6.26 Å². The number of nitrogens with zero attached hydrogens (tertiary/aromatic N) is 4. The third-order valence-corrected chi connectivity index (χ3v) is 4.58. The van der Waals surface area contributed by atoms with E-state index in [9.17, 15) is 0 Å². The molecule has 0 radical (unpaired) electrons. The number of fused-ring (bicyclic) bond motifs is 1. The zero-order valence-corrected chi connectivity index (χ0v) is 13.7. The Balaban J connectivity index is 1.65. The van der Waals surface area contributed by atoms with Gasteiger partial charge in [0.2, 0.25) is 0 Å². The van der Waals surface area contributed by atoms with E-state index in [-0.39, 0.29) is 0 Å². The van der Waals surface area contributed by atoms with Crippen molar-refractivity contribution in [2.75, 3.05) is 26.2 Å². The molecule has 1 aliphatic rings. The molecule has 2 aromatic rings. The Kier molecular flexibility index (Phi) is 4.95. The van der Waals surface area contributed by atoms with Gasteiger partial charge in [-0.2, -0.15) is 0 Å². The molecule has 0 N–H and O–H groups in total. The van der Waals surface area contributed by atoms with Crippen LogP contribution in [0.1, 0.15) is 30.9 Å². The second kappa shape index (κ2) is 7.11. The summed E-state index contributed by atoms with van der Waals surface area (Å²) in [5.74, 6) is 1.23. The molecule has 0 saturated heterocycles. The minimum atomic E-state index is 0.965. The van der Waals surface area contributed by atoms with Gasteiger partial charge in [-0.25, -0.2) is 4.98 Å². The van der Waals surface area contributed by atoms with Gasteiger partial charge in [0.05, 0.1) is 18.2 Å². The van der Waals surface area contributed by atoms with Crippen molar-refractivity contribution in [2.24, 2.45) is 0 Å². The molecule has 1 aliphatic heterocycles. The summed E-state index contributed by atoms with van der Waals surface area (Å²) in [5.41, 5.74) is 2.60. The fourth-order valence-electron chi connectivity index (χ4n) is 3.14. The fourth-order valence-corrected chi connectivity index (χ4v) is 3.14. The van der Waals surface area contributed by atoms with E-state index in [0.29, 0.717) is 0 Å². The lowest BCUT2D eigenvalue weighted by molar-refractivity contribution is 0.264. The Morgan fingerprint density at radius 3 is 2.82 bits per heavy atom. The summed E-state index contributed by atoms with van der Waals surface area (Å²) in [7, 11) is 0. The van der Waals surface area contributed by atoms with Crippen LogP contribution in [0.2, 0.25) is 0 Å². The molecule has 0 bridgehead atoms. The number of rotatable bonds is 6. The van der Waals surface area contributed by atoms with Gasteiger partial charge in [0.15, 0.2) is 0 Å². The van der Waals surface area contributed by atoms with Gasteiger partial charge >= 0.3 is 0 Å². The molecule has 5 nitrogen and oxygen atoms in total. The van der Waals surface area contributed by atoms with E-state index in [4.69, 9.17) is 4.42 Å². The summed E-state index contributed by atoms with van der Waals surface area (Å²) in [6.07, 6.45) is 6.69. The molecule has 0 aromatic carbocycles. The van der Waals surface area contributed by atoms with Crippen molar-refractivity contribution >= 4 is 0 Å². The summed E-state index contributed by atoms with van der Waals surface area (Å²) in [5, 5.41) is 0. The molecule has 0 spiro atoms. The van der Waals surface area contributed by atoms with Crippen molar-refractivity contribution in [3.63, 3.8) is 0 Å². The molecule has 0 amide bonds. The Morgan fingerprint density at radius 2 is 2.09 bits per heavy atom. The predicted octanol–water partition coefficient (Wildman–Crippen LogP) is 2.38. The van der Waals surface area contributed by atoms with Crippen molar-refractivity contribution in [1.29, 1.82) is 0 Å². The summed E-state index contributed by atoms with van der Waals surface area (Å²) in [6, 6.07) is 2.05. The summed E-state index contributed by atoms with van der Waals surface area (Å²) < 4.78 is 7.60. The number of hydrogen-bond acceptors (Lipinski definition) is 4. The topological polar surface area (TPSA) is 37.4 Å². The highest BCUT2D eigenvalue weighted by Crippen LogP contribution is 2.15. The van der Waals surface area contributed by atoms with Crippen molar-refractivity contribution < 1.29 is 4.42 Å². The van der Waals surface area contributed by atoms with Crippen LogP contribution in [0.15, 0.2) is 29.2 Å². The molecule has 0 fully saturated rings. The van der Waals surface area contributed by atoms with Crippen LogP contribution in [-0.4, -0.2) is 45.5 Å². The Labute approximate surface area is 132 Å². The van der Waals surface area contributed by atoms with Gasteiger partial charge in [-0.05, 0) is 19.2 Å². The zero-order valence-electron chi connectivity index (χ0n) is 13.7. The van der Waals surface area contributed by atoms with Gasteiger partial charge in [-0.15, -0.1) is 0 Å². The van der Waals surface area contributed by atoms with Crippen molar-refractivity contribution in [1.82, 2.24) is 19.4 Å². The highest BCUT2D eigenvalue weighted by atomic mass is 16.3. The minimum absolute atomic E-state index is 0.965. The number of hydrogen-bond donors (Lipinski definition) is 0. The lowest BCUT2D eigenvalue weighted by Gasteiger charge is -2.20. The van der Waals surface area contributed by atoms with Gasteiger partial charge in [0, 0.05) is 50.9 Å². The number of aromatic nitrogens is 2. The molecule has 3 rings (SSSR count). The van der Waals surface area contributed by atoms with Gasteiger partial charge < -0.3 is 8.98 Å². The molecule has 22 heavy (non-hydrogen) atoms. The van der Waals surface area contributed by atoms with Gasteiger partial charge in [0.1, 0.15) is 5.82 Å². The molecule has 0 atom stereocenters. The third-order valence-electron chi connectivity index (χ3n) is 4.58. The maximum atomic E-state index is 5.17. The first-order valence-electron chi connectivity index (χ1n) is 8.29. The van der Waals surface area contributed by atoms with E-state index in [1.165, 1.54) is 17.1 Å². The van der Waals surface area contributed by atoms with Crippen molar-refractivity contribution in [2.45, 2.75) is 39.9 Å². The van der Waals surface area contributed by atoms with E-state index < -0.39 is 0 Å². The average molecular weight is 302 g/mol. The smallest absolute Gasteiger partial charge is 0.110 e. The predicted molar refractivity (Wildman–Crippen MR) is 86.5 cm³/mol. The average Bonchev–Trinajstić information content (AvgIpc) is 3.13. The molecular weight excluding hydrogens is 276 g/mol. The van der Waals surface area contributed by atoms with Crippen LogP contribution in [0.4, 0.5) is 0 Å². The second-order valence-corrected chi connectivity index (χ2v) is 5.94. The third kappa shape index (κ3) is 3.42. The largest absolute Gasteiger partial charge is 0.472 e. The van der Waals surface area contributed by atoms with Gasteiger partial charge in [-0.1, -0.05) is 13.8 Å². The quantitative estimate of drug-likeness (QED) is 0.821. The molecule has 120 valence electrons. The van der Waals surface area contributed by atoms with E-state index in [0.717, 1.165) is 52.2 Å². The van der Waals surface area contributed by atoms with Crippen LogP contribution < -0.4 is 0 Å². The minimum Gasteiger partial charge on any atom is -0.472 e. The van der Waals surface area contributed by atoms with Crippen LogP contribution in [-0.2, 0) is 26.1 Å². The first-order chi connectivity index (χ1) is 10.8. The fraction of sp³-hybridized carbons (Fsp3) is 0.588. The molecule has 0 unspecified atom stereocenters. The summed E-state index contributed by atoms with van der Waals surface area (Å²) in [4.78, 5) is 9.59.